The van der Waals surface area contributed by atoms with Crippen LogP contribution in [0.15, 0.2) is 73.3 Å². The summed E-state index contributed by atoms with van der Waals surface area (Å²) in [5.74, 6) is 0. The SMILES string of the molecule is C(=Cc1ccccc1)c1ccccc1.C=CC#N. The van der Waals surface area contributed by atoms with Crippen LogP contribution < -0.4 is 0 Å². The van der Waals surface area contributed by atoms with E-state index in [4.69, 9.17) is 5.26 Å². The molecule has 0 aromatic heterocycles. The van der Waals surface area contributed by atoms with E-state index in [1.165, 1.54) is 17.2 Å². The van der Waals surface area contributed by atoms with Crippen molar-refractivity contribution in [2.24, 2.45) is 0 Å². The molecule has 2 aromatic rings. The van der Waals surface area contributed by atoms with Crippen LogP contribution in [0, 0.1) is 11.3 Å². The van der Waals surface area contributed by atoms with Crippen LogP contribution in [0.5, 0.6) is 0 Å². The molecule has 0 spiro atoms. The smallest absolute Gasteiger partial charge is 0.0905 e. The van der Waals surface area contributed by atoms with Gasteiger partial charge in [0.1, 0.15) is 0 Å². The summed E-state index contributed by atoms with van der Waals surface area (Å²) >= 11 is 0. The molecule has 0 amide bonds. The Morgan fingerprint density at radius 1 is 0.778 bits per heavy atom. The van der Waals surface area contributed by atoms with Crippen molar-refractivity contribution in [3.63, 3.8) is 0 Å². The molecule has 1 heteroatoms. The van der Waals surface area contributed by atoms with Gasteiger partial charge in [-0.2, -0.15) is 5.26 Å². The van der Waals surface area contributed by atoms with E-state index in [1.54, 1.807) is 6.07 Å². The Balaban J connectivity index is 0.000000357. The predicted molar refractivity (Wildman–Crippen MR) is 77.6 cm³/mol. The van der Waals surface area contributed by atoms with Gasteiger partial charge in [-0.05, 0) is 11.1 Å². The molecular formula is C17H15N. The van der Waals surface area contributed by atoms with Crippen LogP contribution in [0.3, 0.4) is 0 Å². The van der Waals surface area contributed by atoms with Crippen LogP contribution in [-0.4, -0.2) is 0 Å². The minimum atomic E-state index is 1.18. The highest BCUT2D eigenvalue weighted by molar-refractivity contribution is 5.69. The van der Waals surface area contributed by atoms with E-state index >= 15 is 0 Å². The summed E-state index contributed by atoms with van der Waals surface area (Å²) in [6.45, 7) is 3.12. The first kappa shape index (κ1) is 13.5. The van der Waals surface area contributed by atoms with Gasteiger partial charge in [-0.15, -0.1) is 0 Å². The van der Waals surface area contributed by atoms with Crippen molar-refractivity contribution in [2.75, 3.05) is 0 Å². The van der Waals surface area contributed by atoms with Crippen molar-refractivity contribution in [1.82, 2.24) is 0 Å². The third-order valence-corrected chi connectivity index (χ3v) is 2.16. The first-order valence-electron chi connectivity index (χ1n) is 5.65. The third kappa shape index (κ3) is 5.48. The van der Waals surface area contributed by atoms with Crippen LogP contribution >= 0.6 is 0 Å². The van der Waals surface area contributed by atoms with Gasteiger partial charge in [0.05, 0.1) is 6.07 Å². The molecule has 0 aliphatic heterocycles. The third-order valence-electron chi connectivity index (χ3n) is 2.16. The van der Waals surface area contributed by atoms with Gasteiger partial charge in [0.15, 0.2) is 0 Å². The number of allylic oxidation sites excluding steroid dienone is 1. The Morgan fingerprint density at radius 3 is 1.39 bits per heavy atom. The highest BCUT2D eigenvalue weighted by Crippen LogP contribution is 2.06. The van der Waals surface area contributed by atoms with E-state index in [-0.39, 0.29) is 0 Å². The van der Waals surface area contributed by atoms with E-state index in [0.29, 0.717) is 0 Å². The van der Waals surface area contributed by atoms with E-state index in [9.17, 15) is 0 Å². The number of nitriles is 1. The maximum atomic E-state index is 7.51. The molecular weight excluding hydrogens is 218 g/mol. The fraction of sp³-hybridized carbons (Fsp3) is 0. The quantitative estimate of drug-likeness (QED) is 0.551. The van der Waals surface area contributed by atoms with Gasteiger partial charge in [-0.3, -0.25) is 0 Å². The number of hydrogen-bond acceptors (Lipinski definition) is 1. The Labute approximate surface area is 108 Å². The average molecular weight is 233 g/mol. The fourth-order valence-electron chi connectivity index (χ4n) is 1.32. The summed E-state index contributed by atoms with van der Waals surface area (Å²) in [7, 11) is 0. The highest BCUT2D eigenvalue weighted by Gasteiger charge is 1.84. The highest BCUT2D eigenvalue weighted by atomic mass is 14.2. The summed E-state index contributed by atoms with van der Waals surface area (Å²) < 4.78 is 0. The van der Waals surface area contributed by atoms with Crippen LogP contribution in [-0.2, 0) is 0 Å². The molecule has 0 aliphatic carbocycles. The number of benzene rings is 2. The topological polar surface area (TPSA) is 23.8 Å². The van der Waals surface area contributed by atoms with Crippen LogP contribution in [0.2, 0.25) is 0 Å². The molecule has 18 heavy (non-hydrogen) atoms. The Morgan fingerprint density at radius 2 is 1.11 bits per heavy atom. The van der Waals surface area contributed by atoms with Gasteiger partial charge in [-0.1, -0.05) is 79.4 Å². The first-order valence-corrected chi connectivity index (χ1v) is 5.65. The summed E-state index contributed by atoms with van der Waals surface area (Å²) in [6.07, 6.45) is 5.42. The number of hydrogen-bond donors (Lipinski definition) is 0. The van der Waals surface area contributed by atoms with Crippen molar-refractivity contribution in [1.29, 1.82) is 5.26 Å². The van der Waals surface area contributed by atoms with Crippen molar-refractivity contribution < 1.29 is 0 Å². The lowest BCUT2D eigenvalue weighted by atomic mass is 10.1. The molecule has 2 aromatic carbocycles. The Bertz CT molecular complexity index is 477. The van der Waals surface area contributed by atoms with Crippen molar-refractivity contribution in [3.8, 4) is 6.07 Å². The average Bonchev–Trinajstić information content (AvgIpc) is 2.47. The maximum absolute atomic E-state index is 7.51. The lowest BCUT2D eigenvalue weighted by molar-refractivity contribution is 1.54. The van der Waals surface area contributed by atoms with Crippen molar-refractivity contribution >= 4 is 12.2 Å². The molecule has 1 nitrogen and oxygen atoms in total. The standard InChI is InChI=1S/C14H12.C3H3N/c1-3-7-13(8-4-1)11-12-14-9-5-2-6-10-14;1-2-3-4/h1-12H;2H,1H2. The maximum Gasteiger partial charge on any atom is 0.0905 e. The normalized spacial score (nSPS) is 9.06. The van der Waals surface area contributed by atoms with Gasteiger partial charge in [-0.25, -0.2) is 0 Å². The lowest BCUT2D eigenvalue weighted by Crippen LogP contribution is -1.70. The molecule has 0 saturated carbocycles. The largest absolute Gasteiger partial charge is 0.193 e. The Kier molecular flexibility index (Phi) is 6.40. The van der Waals surface area contributed by atoms with Gasteiger partial charge in [0.2, 0.25) is 0 Å². The fourth-order valence-corrected chi connectivity index (χ4v) is 1.32. The van der Waals surface area contributed by atoms with E-state index in [1.807, 2.05) is 36.4 Å². The molecule has 2 rings (SSSR count). The zero-order valence-corrected chi connectivity index (χ0v) is 10.2. The van der Waals surface area contributed by atoms with Crippen molar-refractivity contribution in [2.45, 2.75) is 0 Å². The second-order valence-electron chi connectivity index (χ2n) is 3.49. The summed E-state index contributed by atoms with van der Waals surface area (Å²) in [4.78, 5) is 0. The molecule has 88 valence electrons. The molecule has 0 fully saturated rings. The van der Waals surface area contributed by atoms with E-state index in [0.717, 1.165) is 0 Å². The minimum absolute atomic E-state index is 1.18. The second-order valence-corrected chi connectivity index (χ2v) is 3.49. The molecule has 0 atom stereocenters. The summed E-state index contributed by atoms with van der Waals surface area (Å²) in [6, 6.07) is 22.3. The van der Waals surface area contributed by atoms with Gasteiger partial charge in [0.25, 0.3) is 0 Å². The molecule has 0 heterocycles. The van der Waals surface area contributed by atoms with Gasteiger partial charge >= 0.3 is 0 Å². The zero-order valence-electron chi connectivity index (χ0n) is 10.2. The lowest BCUT2D eigenvalue weighted by Gasteiger charge is -1.92. The molecule has 0 N–H and O–H groups in total. The number of rotatable bonds is 2. The first-order chi connectivity index (χ1) is 8.86. The van der Waals surface area contributed by atoms with Gasteiger partial charge in [0, 0.05) is 6.08 Å². The predicted octanol–water partition coefficient (Wildman–Crippen LogP) is 4.55. The van der Waals surface area contributed by atoms with Gasteiger partial charge < -0.3 is 0 Å². The van der Waals surface area contributed by atoms with Crippen LogP contribution in [0.4, 0.5) is 0 Å². The molecule has 0 aliphatic rings. The second kappa shape index (κ2) is 8.55. The van der Waals surface area contributed by atoms with E-state index < -0.39 is 0 Å². The molecule has 0 bridgehead atoms. The summed E-state index contributed by atoms with van der Waals surface area (Å²) in [5, 5.41) is 7.51. The molecule has 0 radical (unpaired) electrons. The zero-order chi connectivity index (χ0) is 13.1. The van der Waals surface area contributed by atoms with Crippen molar-refractivity contribution in [3.05, 3.63) is 84.4 Å². The molecule has 0 saturated heterocycles. The van der Waals surface area contributed by atoms with Crippen LogP contribution in [0.25, 0.3) is 12.2 Å². The minimum Gasteiger partial charge on any atom is -0.193 e. The number of nitrogens with zero attached hydrogens (tertiary/aromatic N) is 1. The van der Waals surface area contributed by atoms with Crippen LogP contribution in [0.1, 0.15) is 11.1 Å². The molecule has 0 unspecified atom stereocenters. The van der Waals surface area contributed by atoms with E-state index in [2.05, 4.69) is 43.0 Å². The summed E-state index contributed by atoms with van der Waals surface area (Å²) in [5.41, 5.74) is 2.47. The monoisotopic (exact) mass is 233 g/mol. The Hall–Kier alpha value is -2.59.